The molecule has 0 aromatic heterocycles. The summed E-state index contributed by atoms with van der Waals surface area (Å²) in [7, 11) is 0. The van der Waals surface area contributed by atoms with E-state index in [0.717, 1.165) is 0 Å². The van der Waals surface area contributed by atoms with E-state index in [-0.39, 0.29) is 62.5 Å². The van der Waals surface area contributed by atoms with Gasteiger partial charge in [-0.15, -0.1) is 0 Å². The van der Waals surface area contributed by atoms with Crippen LogP contribution in [0.5, 0.6) is 0 Å². The van der Waals surface area contributed by atoms with Gasteiger partial charge in [-0.3, -0.25) is 0 Å². The molecule has 74 valence electrons. The van der Waals surface area contributed by atoms with Crippen molar-refractivity contribution in [3.63, 3.8) is 0 Å². The van der Waals surface area contributed by atoms with Gasteiger partial charge in [0.1, 0.15) is 0 Å². The first-order valence-corrected chi connectivity index (χ1v) is 3.88. The topological polar surface area (TPSA) is 74.6 Å². The van der Waals surface area contributed by atoms with Crippen molar-refractivity contribution in [1.29, 1.82) is 0 Å². The summed E-state index contributed by atoms with van der Waals surface area (Å²) in [6, 6.07) is 0. The second kappa shape index (κ2) is 8.37. The van der Waals surface area contributed by atoms with E-state index in [4.69, 9.17) is 10.2 Å². The van der Waals surface area contributed by atoms with Gasteiger partial charge in [0.2, 0.25) is 0 Å². The molecule has 0 unspecified atom stereocenters. The predicted octanol–water partition coefficient (Wildman–Crippen LogP) is 0.790. The fourth-order valence-corrected chi connectivity index (χ4v) is 0.911. The second-order valence-corrected chi connectivity index (χ2v) is 2.34. The molecule has 0 aromatic rings. The van der Waals surface area contributed by atoms with E-state index < -0.39 is 11.9 Å². The Bertz CT molecular complexity index is 279. The number of carboxylic acid groups (broad SMARTS) is 2. The Morgan fingerprint density at radius 3 is 1.79 bits per heavy atom. The van der Waals surface area contributed by atoms with Crippen molar-refractivity contribution in [2.75, 3.05) is 0 Å². The summed E-state index contributed by atoms with van der Waals surface area (Å²) in [5, 5.41) is 17.3. The Morgan fingerprint density at radius 2 is 1.57 bits per heavy atom. The second-order valence-electron chi connectivity index (χ2n) is 2.34. The molecular formula is C9H13KO4. The van der Waals surface area contributed by atoms with Gasteiger partial charge >= 0.3 is 63.3 Å². The van der Waals surface area contributed by atoms with Crippen molar-refractivity contribution >= 4 is 63.3 Å². The van der Waals surface area contributed by atoms with Crippen LogP contribution in [0.25, 0.3) is 0 Å². The van der Waals surface area contributed by atoms with Crippen LogP contribution in [0.3, 0.4) is 0 Å². The zero-order valence-electron chi connectivity index (χ0n) is 7.57. The van der Waals surface area contributed by atoms with Crippen molar-refractivity contribution in [1.82, 2.24) is 0 Å². The Balaban J connectivity index is 0. The minimum absolute atomic E-state index is 0. The summed E-state index contributed by atoms with van der Waals surface area (Å²) in [5.74, 6) is -2.43. The molecule has 14 heavy (non-hydrogen) atoms. The molecule has 4 nitrogen and oxygen atoms in total. The molecule has 0 spiro atoms. The summed E-state index contributed by atoms with van der Waals surface area (Å²) >= 11 is 0. The molecular weight excluding hydrogens is 211 g/mol. The maximum absolute atomic E-state index is 10.6. The molecule has 0 aliphatic carbocycles. The number of hydrogen-bond donors (Lipinski definition) is 2. The Morgan fingerprint density at radius 1 is 1.14 bits per heavy atom. The molecule has 5 heteroatoms. The van der Waals surface area contributed by atoms with Crippen LogP contribution in [0.2, 0.25) is 0 Å². The van der Waals surface area contributed by atoms with Crippen molar-refractivity contribution in [2.45, 2.75) is 20.3 Å². The normalized spacial score (nSPS) is 11.9. The number of rotatable bonds is 4. The van der Waals surface area contributed by atoms with Gasteiger partial charge in [-0.05, 0) is 13.3 Å². The number of aliphatic carboxylic acids is 2. The first-order valence-electron chi connectivity index (χ1n) is 3.88. The molecule has 0 saturated heterocycles. The van der Waals surface area contributed by atoms with Gasteiger partial charge < -0.3 is 10.2 Å². The van der Waals surface area contributed by atoms with Crippen LogP contribution < -0.4 is 0 Å². The van der Waals surface area contributed by atoms with E-state index in [2.05, 4.69) is 0 Å². The van der Waals surface area contributed by atoms with Gasteiger partial charge in [0.05, 0.1) is 11.1 Å². The van der Waals surface area contributed by atoms with Crippen LogP contribution in [0.15, 0.2) is 23.3 Å². The number of carboxylic acids is 2. The molecule has 2 N–H and O–H groups in total. The summed E-state index contributed by atoms with van der Waals surface area (Å²) in [6.07, 6.45) is 3.15. The van der Waals surface area contributed by atoms with Crippen molar-refractivity contribution in [2.24, 2.45) is 0 Å². The van der Waals surface area contributed by atoms with E-state index >= 15 is 0 Å². The minimum atomic E-state index is -1.22. The SMILES string of the molecule is CC=C(C(=O)O)C(=CCC)C(=O)O.[KH]. The third-order valence-corrected chi connectivity index (χ3v) is 1.45. The van der Waals surface area contributed by atoms with Crippen LogP contribution in [0.4, 0.5) is 0 Å². The summed E-state index contributed by atoms with van der Waals surface area (Å²) in [5.41, 5.74) is -0.327. The van der Waals surface area contributed by atoms with Crippen LogP contribution in [-0.4, -0.2) is 73.5 Å². The molecule has 0 aliphatic rings. The van der Waals surface area contributed by atoms with E-state index in [1.807, 2.05) is 0 Å². The van der Waals surface area contributed by atoms with Gasteiger partial charge in [-0.25, -0.2) is 9.59 Å². The number of allylic oxidation sites excluding steroid dienone is 2. The molecule has 0 rings (SSSR count). The average molecular weight is 224 g/mol. The third kappa shape index (κ3) is 5.07. The Hall–Kier alpha value is 0.0564. The molecule has 0 fully saturated rings. The summed E-state index contributed by atoms with van der Waals surface area (Å²) < 4.78 is 0. The fourth-order valence-electron chi connectivity index (χ4n) is 0.911. The van der Waals surface area contributed by atoms with Gasteiger partial charge in [-0.1, -0.05) is 19.1 Å². The molecule has 0 heterocycles. The summed E-state index contributed by atoms with van der Waals surface area (Å²) in [6.45, 7) is 3.24. The van der Waals surface area contributed by atoms with E-state index in [9.17, 15) is 9.59 Å². The van der Waals surface area contributed by atoms with Gasteiger partial charge in [-0.2, -0.15) is 0 Å². The standard InChI is InChI=1S/C9H12O4.K.H/c1-3-5-7(9(12)13)6(4-2)8(10)11;;/h4-5H,3H2,1-2H3,(H,10,11)(H,12,13);;. The van der Waals surface area contributed by atoms with E-state index in [0.29, 0.717) is 6.42 Å². The quantitative estimate of drug-likeness (QED) is 0.420. The van der Waals surface area contributed by atoms with Gasteiger partial charge in [0.15, 0.2) is 0 Å². The van der Waals surface area contributed by atoms with Crippen LogP contribution in [0, 0.1) is 0 Å². The van der Waals surface area contributed by atoms with Crippen LogP contribution >= 0.6 is 0 Å². The summed E-state index contributed by atoms with van der Waals surface area (Å²) in [4.78, 5) is 21.2. The van der Waals surface area contributed by atoms with Gasteiger partial charge in [0.25, 0.3) is 0 Å². The first-order chi connectivity index (χ1) is 6.04. The number of hydrogen-bond acceptors (Lipinski definition) is 2. The van der Waals surface area contributed by atoms with Crippen LogP contribution in [0.1, 0.15) is 20.3 Å². The van der Waals surface area contributed by atoms with Crippen molar-refractivity contribution in [3.8, 4) is 0 Å². The molecule has 0 amide bonds. The number of carbonyl (C=O) groups is 2. The Kier molecular flexibility index (Phi) is 9.86. The molecule has 0 aliphatic heterocycles. The van der Waals surface area contributed by atoms with E-state index in [1.165, 1.54) is 19.1 Å². The maximum atomic E-state index is 10.6. The van der Waals surface area contributed by atoms with Gasteiger partial charge in [0, 0.05) is 0 Å². The third-order valence-electron chi connectivity index (χ3n) is 1.45. The average Bonchev–Trinajstić information content (AvgIpc) is 2.03. The van der Waals surface area contributed by atoms with E-state index in [1.54, 1.807) is 6.92 Å². The van der Waals surface area contributed by atoms with Crippen molar-refractivity contribution in [3.05, 3.63) is 23.3 Å². The predicted molar refractivity (Wildman–Crippen MR) is 54.6 cm³/mol. The van der Waals surface area contributed by atoms with Crippen LogP contribution in [-0.2, 0) is 9.59 Å². The molecule has 0 radical (unpaired) electrons. The fraction of sp³-hybridized carbons (Fsp3) is 0.333. The first kappa shape index (κ1) is 16.5. The zero-order chi connectivity index (χ0) is 10.4. The van der Waals surface area contributed by atoms with Crippen molar-refractivity contribution < 1.29 is 19.8 Å². The zero-order valence-corrected chi connectivity index (χ0v) is 7.57. The monoisotopic (exact) mass is 224 g/mol. The molecule has 0 saturated carbocycles. The Labute approximate surface area is 125 Å². The molecule has 0 atom stereocenters. The molecule has 0 bridgehead atoms. The molecule has 0 aromatic carbocycles.